The van der Waals surface area contributed by atoms with Gasteiger partial charge in [0, 0.05) is 16.0 Å². The molecule has 0 radical (unpaired) electrons. The number of rotatable bonds is 5. The molecular weight excluding hydrogens is 339 g/mol. The maximum atomic E-state index is 5.56. The van der Waals surface area contributed by atoms with Crippen molar-refractivity contribution < 1.29 is 4.42 Å². The maximum absolute atomic E-state index is 5.56. The summed E-state index contributed by atoms with van der Waals surface area (Å²) in [5, 5.41) is 3.41. The Morgan fingerprint density at radius 2 is 2.06 bits per heavy atom. The molecule has 0 bridgehead atoms. The molecule has 0 saturated carbocycles. The largest absolute Gasteiger partial charge is 0.444 e. The van der Waals surface area contributed by atoms with Crippen LogP contribution in [0.1, 0.15) is 37.1 Å². The van der Waals surface area contributed by atoms with Gasteiger partial charge in [0.2, 0.25) is 5.89 Å². The first-order chi connectivity index (χ1) is 8.69. The van der Waals surface area contributed by atoms with Crippen LogP contribution in [0.4, 0.5) is 0 Å². The Labute approximate surface area is 121 Å². The first-order valence-corrected chi connectivity index (χ1v) is 7.19. The van der Waals surface area contributed by atoms with Gasteiger partial charge in [0.1, 0.15) is 5.76 Å². The van der Waals surface area contributed by atoms with E-state index in [9.17, 15) is 0 Å². The van der Waals surface area contributed by atoms with Crippen molar-refractivity contribution >= 4 is 22.6 Å². The Bertz CT molecular complexity index is 493. The molecule has 1 aromatic heterocycles. The van der Waals surface area contributed by atoms with Crippen LogP contribution in [0.5, 0.6) is 0 Å². The van der Waals surface area contributed by atoms with Crippen molar-refractivity contribution in [1.82, 2.24) is 10.3 Å². The lowest BCUT2D eigenvalue weighted by molar-refractivity contribution is 0.424. The van der Waals surface area contributed by atoms with Gasteiger partial charge in [-0.05, 0) is 47.2 Å². The average molecular weight is 356 g/mol. The molecule has 0 fully saturated rings. The Morgan fingerprint density at radius 3 is 2.67 bits per heavy atom. The number of hydrogen-bond acceptors (Lipinski definition) is 3. The summed E-state index contributed by atoms with van der Waals surface area (Å²) in [5.41, 5.74) is 1.28. The van der Waals surface area contributed by atoms with Gasteiger partial charge in [-0.2, -0.15) is 0 Å². The summed E-state index contributed by atoms with van der Waals surface area (Å²) in [7, 11) is 0. The molecule has 0 aliphatic rings. The van der Waals surface area contributed by atoms with Gasteiger partial charge in [0.05, 0.1) is 12.7 Å². The van der Waals surface area contributed by atoms with E-state index in [1.807, 2.05) is 0 Å². The molecule has 0 saturated heterocycles. The van der Waals surface area contributed by atoms with Gasteiger partial charge in [0.15, 0.2) is 0 Å². The summed E-state index contributed by atoms with van der Waals surface area (Å²) in [6.07, 6.45) is 2.69. The molecule has 0 aliphatic carbocycles. The van der Waals surface area contributed by atoms with Gasteiger partial charge < -0.3 is 9.73 Å². The van der Waals surface area contributed by atoms with E-state index < -0.39 is 0 Å². The molecule has 1 heterocycles. The second-order valence-corrected chi connectivity index (χ2v) is 5.47. The van der Waals surface area contributed by atoms with Crippen molar-refractivity contribution in [2.45, 2.75) is 32.9 Å². The molecule has 2 aromatic rings. The van der Waals surface area contributed by atoms with Gasteiger partial charge >= 0.3 is 0 Å². The monoisotopic (exact) mass is 356 g/mol. The van der Waals surface area contributed by atoms with E-state index in [4.69, 9.17) is 4.42 Å². The second kappa shape index (κ2) is 6.33. The third-order valence-corrected chi connectivity index (χ3v) is 3.60. The molecule has 1 atom stereocenters. The van der Waals surface area contributed by atoms with Crippen molar-refractivity contribution in [2.24, 2.45) is 0 Å². The summed E-state index contributed by atoms with van der Waals surface area (Å²) in [6, 6.07) is 8.82. The summed E-state index contributed by atoms with van der Waals surface area (Å²) in [4.78, 5) is 4.24. The lowest BCUT2D eigenvalue weighted by Crippen LogP contribution is -2.18. The highest BCUT2D eigenvalue weighted by molar-refractivity contribution is 14.1. The lowest BCUT2D eigenvalue weighted by atomic mass is 10.1. The van der Waals surface area contributed by atoms with Crippen molar-refractivity contribution in [3.05, 3.63) is 51.2 Å². The predicted octanol–water partition coefficient (Wildman–Crippen LogP) is 3.69. The zero-order chi connectivity index (χ0) is 13.0. The third kappa shape index (κ3) is 3.55. The van der Waals surface area contributed by atoms with Crippen LogP contribution in [0, 0.1) is 3.57 Å². The van der Waals surface area contributed by atoms with Crippen molar-refractivity contribution in [1.29, 1.82) is 0 Å². The first-order valence-electron chi connectivity index (χ1n) is 6.11. The number of nitrogens with zero attached hydrogens (tertiary/aromatic N) is 1. The molecule has 2 rings (SSSR count). The third-order valence-electron chi connectivity index (χ3n) is 2.88. The number of aromatic nitrogens is 1. The topological polar surface area (TPSA) is 38.1 Å². The zero-order valence-electron chi connectivity index (χ0n) is 10.6. The highest BCUT2D eigenvalue weighted by Crippen LogP contribution is 2.15. The number of halogens is 1. The molecule has 96 valence electrons. The number of hydrogen-bond donors (Lipinski definition) is 1. The van der Waals surface area contributed by atoms with Gasteiger partial charge in [-0.25, -0.2) is 4.98 Å². The molecule has 3 nitrogen and oxygen atoms in total. The summed E-state index contributed by atoms with van der Waals surface area (Å²) >= 11 is 2.31. The smallest absolute Gasteiger partial charge is 0.208 e. The minimum atomic E-state index is 0.291. The van der Waals surface area contributed by atoms with Crippen LogP contribution in [0.3, 0.4) is 0 Å². The van der Waals surface area contributed by atoms with Crippen LogP contribution in [-0.2, 0) is 13.0 Å². The van der Waals surface area contributed by atoms with E-state index in [1.54, 1.807) is 6.20 Å². The highest BCUT2D eigenvalue weighted by atomic mass is 127. The summed E-state index contributed by atoms with van der Waals surface area (Å²) < 4.78 is 6.82. The van der Waals surface area contributed by atoms with Crippen LogP contribution in [0.2, 0.25) is 0 Å². The fourth-order valence-corrected chi connectivity index (χ4v) is 2.06. The van der Waals surface area contributed by atoms with Crippen molar-refractivity contribution in [2.75, 3.05) is 0 Å². The highest BCUT2D eigenvalue weighted by Gasteiger charge is 2.07. The molecule has 0 spiro atoms. The predicted molar refractivity (Wildman–Crippen MR) is 80.3 cm³/mol. The van der Waals surface area contributed by atoms with Crippen molar-refractivity contribution in [3.63, 3.8) is 0 Å². The number of nitrogens with one attached hydrogen (secondary N) is 1. The van der Waals surface area contributed by atoms with Gasteiger partial charge in [-0.1, -0.05) is 19.1 Å². The minimum absolute atomic E-state index is 0.291. The van der Waals surface area contributed by atoms with Gasteiger partial charge in [-0.3, -0.25) is 0 Å². The van der Waals surface area contributed by atoms with E-state index in [0.29, 0.717) is 12.6 Å². The number of benzene rings is 1. The van der Waals surface area contributed by atoms with E-state index in [0.717, 1.165) is 18.1 Å². The molecule has 0 amide bonds. The molecule has 0 aliphatic heterocycles. The molecule has 1 N–H and O–H groups in total. The molecule has 4 heteroatoms. The van der Waals surface area contributed by atoms with Crippen LogP contribution < -0.4 is 5.32 Å². The standard InChI is InChI=1S/C14H17IN2O/c1-3-13-8-17-14(18-13)9-16-10(2)11-4-6-12(15)7-5-11/h4-8,10,16H,3,9H2,1-2H3. The normalized spacial score (nSPS) is 12.6. The lowest BCUT2D eigenvalue weighted by Gasteiger charge is -2.12. The first kappa shape index (κ1) is 13.5. The van der Waals surface area contributed by atoms with Crippen molar-refractivity contribution in [3.8, 4) is 0 Å². The quantitative estimate of drug-likeness (QED) is 0.831. The van der Waals surface area contributed by atoms with E-state index in [-0.39, 0.29) is 0 Å². The molecule has 18 heavy (non-hydrogen) atoms. The minimum Gasteiger partial charge on any atom is -0.444 e. The fraction of sp³-hybridized carbons (Fsp3) is 0.357. The second-order valence-electron chi connectivity index (χ2n) is 4.23. The van der Waals surface area contributed by atoms with Crippen LogP contribution in [0.15, 0.2) is 34.9 Å². The van der Waals surface area contributed by atoms with E-state index in [2.05, 4.69) is 71.0 Å². The fourth-order valence-electron chi connectivity index (χ4n) is 1.70. The Kier molecular flexibility index (Phi) is 4.77. The average Bonchev–Trinajstić information content (AvgIpc) is 2.85. The number of oxazole rings is 1. The zero-order valence-corrected chi connectivity index (χ0v) is 12.8. The van der Waals surface area contributed by atoms with Crippen LogP contribution in [-0.4, -0.2) is 4.98 Å². The molecule has 1 unspecified atom stereocenters. The molecule has 1 aromatic carbocycles. The Balaban J connectivity index is 1.91. The summed E-state index contributed by atoms with van der Waals surface area (Å²) in [5.74, 6) is 1.69. The van der Waals surface area contributed by atoms with E-state index >= 15 is 0 Å². The Hall–Kier alpha value is -0.880. The van der Waals surface area contributed by atoms with Crippen LogP contribution >= 0.6 is 22.6 Å². The van der Waals surface area contributed by atoms with Crippen LogP contribution in [0.25, 0.3) is 0 Å². The SMILES string of the molecule is CCc1cnc(CNC(C)c2ccc(I)cc2)o1. The Morgan fingerprint density at radius 1 is 1.33 bits per heavy atom. The maximum Gasteiger partial charge on any atom is 0.208 e. The van der Waals surface area contributed by atoms with E-state index in [1.165, 1.54) is 9.13 Å². The van der Waals surface area contributed by atoms with Gasteiger partial charge in [-0.15, -0.1) is 0 Å². The molecular formula is C14H17IN2O. The summed E-state index contributed by atoms with van der Waals surface area (Å²) in [6.45, 7) is 4.87. The number of aryl methyl sites for hydroxylation is 1. The van der Waals surface area contributed by atoms with Gasteiger partial charge in [0.25, 0.3) is 0 Å².